The van der Waals surface area contributed by atoms with Gasteiger partial charge >= 0.3 is 6.03 Å². The third kappa shape index (κ3) is 6.11. The number of aryl methyl sites for hydroxylation is 1. The van der Waals surface area contributed by atoms with Gasteiger partial charge in [-0.3, -0.25) is 4.68 Å². The lowest BCUT2D eigenvalue weighted by atomic mass is 10.1. The van der Waals surface area contributed by atoms with Crippen LogP contribution in [0.5, 0.6) is 0 Å². The molecule has 1 atom stereocenters. The number of nitrogens with zero attached hydrogens (tertiary/aromatic N) is 2. The van der Waals surface area contributed by atoms with Crippen molar-refractivity contribution in [3.63, 3.8) is 0 Å². The molecule has 1 heterocycles. The smallest absolute Gasteiger partial charge is 0.315 e. The van der Waals surface area contributed by atoms with Gasteiger partial charge < -0.3 is 10.6 Å². The predicted octanol–water partition coefficient (Wildman–Crippen LogP) is 2.38. The van der Waals surface area contributed by atoms with Crippen molar-refractivity contribution in [1.29, 1.82) is 0 Å². The van der Waals surface area contributed by atoms with E-state index in [1.165, 1.54) is 0 Å². The third-order valence-electron chi connectivity index (χ3n) is 2.83. The van der Waals surface area contributed by atoms with E-state index >= 15 is 0 Å². The van der Waals surface area contributed by atoms with Crippen molar-refractivity contribution in [2.45, 2.75) is 39.3 Å². The minimum Gasteiger partial charge on any atom is -0.338 e. The number of amides is 2. The molecule has 0 aromatic carbocycles. The molecule has 110 valence electrons. The van der Waals surface area contributed by atoms with E-state index in [1.807, 2.05) is 24.7 Å². The second-order valence-corrected chi connectivity index (χ2v) is 5.83. The first-order valence-electron chi connectivity index (χ1n) is 6.71. The van der Waals surface area contributed by atoms with Crippen LogP contribution in [0.2, 0.25) is 0 Å². The Morgan fingerprint density at radius 1 is 1.55 bits per heavy atom. The van der Waals surface area contributed by atoms with Crippen LogP contribution in [-0.2, 0) is 6.54 Å². The number of nitrogens with one attached hydrogen (secondary N) is 2. The number of hydrogen-bond donors (Lipinski definition) is 2. The fourth-order valence-electron chi connectivity index (χ4n) is 1.65. The van der Waals surface area contributed by atoms with Crippen LogP contribution in [0.25, 0.3) is 0 Å². The molecule has 2 amide bonds. The van der Waals surface area contributed by atoms with Crippen LogP contribution < -0.4 is 10.6 Å². The average molecular weight is 341 g/mol. The SMILES string of the molecule is C#C[C@H](NC(=O)NCCCCn1cc(Br)cn1)C(C)C. The maximum Gasteiger partial charge on any atom is 0.315 e. The number of halogens is 1. The van der Waals surface area contributed by atoms with Crippen LogP contribution >= 0.6 is 15.9 Å². The highest BCUT2D eigenvalue weighted by Crippen LogP contribution is 2.06. The Balaban J connectivity index is 2.12. The van der Waals surface area contributed by atoms with Gasteiger partial charge in [0.1, 0.15) is 0 Å². The highest BCUT2D eigenvalue weighted by molar-refractivity contribution is 9.10. The van der Waals surface area contributed by atoms with Crippen molar-refractivity contribution >= 4 is 22.0 Å². The van der Waals surface area contributed by atoms with Crippen molar-refractivity contribution in [3.8, 4) is 12.3 Å². The van der Waals surface area contributed by atoms with E-state index in [1.54, 1.807) is 6.20 Å². The second-order valence-electron chi connectivity index (χ2n) is 4.92. The lowest BCUT2D eigenvalue weighted by molar-refractivity contribution is 0.236. The number of hydrogen-bond acceptors (Lipinski definition) is 2. The zero-order valence-corrected chi connectivity index (χ0v) is 13.5. The molecule has 0 spiro atoms. The lowest BCUT2D eigenvalue weighted by Gasteiger charge is -2.16. The van der Waals surface area contributed by atoms with Gasteiger partial charge in [0.15, 0.2) is 0 Å². The first kappa shape index (κ1) is 16.6. The second kappa shape index (κ2) is 8.64. The molecule has 1 aromatic heterocycles. The summed E-state index contributed by atoms with van der Waals surface area (Å²) in [6.07, 6.45) is 10.9. The maximum absolute atomic E-state index is 11.6. The molecule has 0 unspecified atom stereocenters. The van der Waals surface area contributed by atoms with Gasteiger partial charge in [-0.25, -0.2) is 4.79 Å². The Bertz CT molecular complexity index is 464. The Labute approximate surface area is 128 Å². The molecular formula is C14H21BrN4O. The van der Waals surface area contributed by atoms with Crippen LogP contribution in [-0.4, -0.2) is 28.4 Å². The van der Waals surface area contributed by atoms with Gasteiger partial charge in [0, 0.05) is 19.3 Å². The van der Waals surface area contributed by atoms with E-state index in [4.69, 9.17) is 6.42 Å². The van der Waals surface area contributed by atoms with Gasteiger partial charge in [0.2, 0.25) is 0 Å². The number of urea groups is 1. The minimum atomic E-state index is -0.226. The summed E-state index contributed by atoms with van der Waals surface area (Å²) in [4.78, 5) is 11.6. The summed E-state index contributed by atoms with van der Waals surface area (Å²) in [5.74, 6) is 2.80. The molecule has 6 heteroatoms. The van der Waals surface area contributed by atoms with Crippen LogP contribution in [0.3, 0.4) is 0 Å². The molecule has 0 aliphatic carbocycles. The van der Waals surface area contributed by atoms with Crippen molar-refractivity contribution in [1.82, 2.24) is 20.4 Å². The molecule has 0 aliphatic rings. The number of aromatic nitrogens is 2. The van der Waals surface area contributed by atoms with Gasteiger partial charge in [-0.2, -0.15) is 5.10 Å². The summed E-state index contributed by atoms with van der Waals surface area (Å²) in [6.45, 7) is 5.43. The van der Waals surface area contributed by atoms with Gasteiger partial charge in [0.25, 0.3) is 0 Å². The number of rotatable bonds is 7. The normalized spacial score (nSPS) is 11.9. The standard InChI is InChI=1S/C14H21BrN4O/c1-4-13(11(2)3)18-14(20)16-7-5-6-8-19-10-12(15)9-17-19/h1,9-11,13H,5-8H2,2-3H3,(H2,16,18,20)/t13-/m0/s1. The molecule has 0 fully saturated rings. The first-order valence-corrected chi connectivity index (χ1v) is 7.50. The minimum absolute atomic E-state index is 0.205. The maximum atomic E-state index is 11.6. The molecule has 1 rings (SSSR count). The largest absolute Gasteiger partial charge is 0.338 e. The molecule has 20 heavy (non-hydrogen) atoms. The molecular weight excluding hydrogens is 320 g/mol. The molecule has 0 saturated carbocycles. The van der Waals surface area contributed by atoms with E-state index < -0.39 is 0 Å². The summed E-state index contributed by atoms with van der Waals surface area (Å²) < 4.78 is 2.85. The van der Waals surface area contributed by atoms with Crippen LogP contribution in [0.1, 0.15) is 26.7 Å². The van der Waals surface area contributed by atoms with Crippen molar-refractivity contribution in [2.75, 3.05) is 6.54 Å². The number of carbonyl (C=O) groups is 1. The molecule has 0 aliphatic heterocycles. The van der Waals surface area contributed by atoms with Crippen LogP contribution in [0.15, 0.2) is 16.9 Å². The molecule has 5 nitrogen and oxygen atoms in total. The molecule has 2 N–H and O–H groups in total. The predicted molar refractivity (Wildman–Crippen MR) is 83.2 cm³/mol. The zero-order chi connectivity index (χ0) is 15.0. The van der Waals surface area contributed by atoms with Crippen LogP contribution in [0.4, 0.5) is 4.79 Å². The quantitative estimate of drug-likeness (QED) is 0.591. The van der Waals surface area contributed by atoms with E-state index in [9.17, 15) is 4.79 Å². The number of unbranched alkanes of at least 4 members (excludes halogenated alkanes) is 1. The Kier molecular flexibility index (Phi) is 7.16. The average Bonchev–Trinajstić information content (AvgIpc) is 2.81. The molecule has 1 aromatic rings. The van der Waals surface area contributed by atoms with E-state index in [0.717, 1.165) is 23.9 Å². The summed E-state index contributed by atoms with van der Waals surface area (Å²) >= 11 is 3.35. The molecule has 0 bridgehead atoms. The monoisotopic (exact) mass is 340 g/mol. The Morgan fingerprint density at radius 3 is 2.85 bits per heavy atom. The Hall–Kier alpha value is -1.48. The highest BCUT2D eigenvalue weighted by Gasteiger charge is 2.12. The zero-order valence-electron chi connectivity index (χ0n) is 11.9. The van der Waals surface area contributed by atoms with Gasteiger partial charge in [0.05, 0.1) is 16.7 Å². The van der Waals surface area contributed by atoms with Gasteiger partial charge in [-0.05, 0) is 34.7 Å². The summed E-state index contributed by atoms with van der Waals surface area (Å²) in [5, 5.41) is 9.74. The lowest BCUT2D eigenvalue weighted by Crippen LogP contribution is -2.44. The van der Waals surface area contributed by atoms with Crippen molar-refractivity contribution in [3.05, 3.63) is 16.9 Å². The first-order chi connectivity index (χ1) is 9.52. The topological polar surface area (TPSA) is 59.0 Å². The van der Waals surface area contributed by atoms with Gasteiger partial charge in [-0.15, -0.1) is 6.42 Å². The van der Waals surface area contributed by atoms with E-state index in [2.05, 4.69) is 37.6 Å². The van der Waals surface area contributed by atoms with Crippen molar-refractivity contribution < 1.29 is 4.79 Å². The summed E-state index contributed by atoms with van der Waals surface area (Å²) in [5.41, 5.74) is 0. The van der Waals surface area contributed by atoms with Crippen molar-refractivity contribution in [2.24, 2.45) is 5.92 Å². The third-order valence-corrected chi connectivity index (χ3v) is 3.24. The van der Waals surface area contributed by atoms with E-state index in [-0.39, 0.29) is 18.0 Å². The molecule has 0 radical (unpaired) electrons. The molecule has 0 saturated heterocycles. The van der Waals surface area contributed by atoms with Gasteiger partial charge in [-0.1, -0.05) is 19.8 Å². The number of carbonyl (C=O) groups excluding carboxylic acids is 1. The summed E-state index contributed by atoms with van der Waals surface area (Å²) in [6, 6.07) is -0.431. The highest BCUT2D eigenvalue weighted by atomic mass is 79.9. The van der Waals surface area contributed by atoms with E-state index in [0.29, 0.717) is 6.54 Å². The fourth-order valence-corrected chi connectivity index (χ4v) is 1.98. The summed E-state index contributed by atoms with van der Waals surface area (Å²) in [7, 11) is 0. The number of terminal acetylenes is 1. The fraction of sp³-hybridized carbons (Fsp3) is 0.571. The van der Waals surface area contributed by atoms with Crippen LogP contribution in [0, 0.1) is 18.3 Å². The Morgan fingerprint density at radius 2 is 2.30 bits per heavy atom.